The van der Waals surface area contributed by atoms with E-state index in [0.29, 0.717) is 12.1 Å². The summed E-state index contributed by atoms with van der Waals surface area (Å²) in [7, 11) is 0. The van der Waals surface area contributed by atoms with Crippen LogP contribution in [0.15, 0.2) is 24.3 Å². The van der Waals surface area contributed by atoms with Crippen LogP contribution in [0.5, 0.6) is 0 Å². The number of hydrogen-bond donors (Lipinski definition) is 0. The molecule has 1 atom stereocenters. The first kappa shape index (κ1) is 19.5. The quantitative estimate of drug-likeness (QED) is 0.720. The largest absolute Gasteiger partial charge is 0.342 e. The number of carbonyl (C=O) groups is 3. The molecule has 3 amide bonds. The molecule has 2 aliphatic rings. The smallest absolute Gasteiger partial charge is 0.251 e. The molecule has 2 fully saturated rings. The van der Waals surface area contributed by atoms with Crippen LogP contribution in [-0.4, -0.2) is 59.7 Å². The van der Waals surface area contributed by atoms with Gasteiger partial charge < -0.3 is 4.90 Å². The number of likely N-dealkylation sites (tertiary alicyclic amines) is 1. The van der Waals surface area contributed by atoms with Gasteiger partial charge in [-0.05, 0) is 50.0 Å². The van der Waals surface area contributed by atoms with Crippen LogP contribution in [0, 0.1) is 0 Å². The molecule has 0 aliphatic carbocycles. The molecule has 3 rings (SSSR count). The van der Waals surface area contributed by atoms with Crippen LogP contribution in [0.1, 0.15) is 45.1 Å². The van der Waals surface area contributed by atoms with E-state index in [1.165, 1.54) is 11.3 Å². The lowest BCUT2D eigenvalue weighted by Gasteiger charge is -2.26. The van der Waals surface area contributed by atoms with Gasteiger partial charge in [0.1, 0.15) is 0 Å². The number of benzene rings is 1. The fraction of sp³-hybridized carbons (Fsp3) is 0.571. The molecular weight excluding hydrogens is 342 g/mol. The summed E-state index contributed by atoms with van der Waals surface area (Å²) < 4.78 is 0. The van der Waals surface area contributed by atoms with E-state index in [0.717, 1.165) is 44.6 Å². The molecule has 0 radical (unpaired) electrons. The van der Waals surface area contributed by atoms with E-state index in [-0.39, 0.29) is 30.2 Å². The lowest BCUT2D eigenvalue weighted by atomic mass is 10.1. The molecule has 27 heavy (non-hydrogen) atoms. The molecular formula is C21H29N3O3. The predicted octanol–water partition coefficient (Wildman–Crippen LogP) is 2.22. The Bertz CT molecular complexity index is 691. The molecule has 2 saturated heterocycles. The van der Waals surface area contributed by atoms with Crippen molar-refractivity contribution in [2.24, 2.45) is 0 Å². The molecule has 2 aliphatic heterocycles. The van der Waals surface area contributed by atoms with Gasteiger partial charge >= 0.3 is 0 Å². The first-order valence-corrected chi connectivity index (χ1v) is 10.0. The van der Waals surface area contributed by atoms with Crippen molar-refractivity contribution in [3.8, 4) is 0 Å². The second kappa shape index (κ2) is 8.65. The van der Waals surface area contributed by atoms with Crippen molar-refractivity contribution >= 4 is 23.4 Å². The number of nitrogens with zero attached hydrogens (tertiary/aromatic N) is 3. The van der Waals surface area contributed by atoms with Gasteiger partial charge in [-0.3, -0.25) is 19.3 Å². The Morgan fingerprint density at radius 1 is 1.04 bits per heavy atom. The van der Waals surface area contributed by atoms with Gasteiger partial charge in [-0.15, -0.1) is 0 Å². The SMILES string of the molecule is CCN(CC)C1CC(=O)N(c2ccc(CC(=O)N3CCCCC3)cc2)C1=O. The van der Waals surface area contributed by atoms with Gasteiger partial charge in [0.15, 0.2) is 0 Å². The van der Waals surface area contributed by atoms with Gasteiger partial charge in [-0.25, -0.2) is 4.90 Å². The van der Waals surface area contributed by atoms with Gasteiger partial charge in [0.05, 0.1) is 24.6 Å². The van der Waals surface area contributed by atoms with Gasteiger partial charge in [-0.2, -0.15) is 0 Å². The fourth-order valence-electron chi connectivity index (χ4n) is 4.03. The number of amides is 3. The third-order valence-electron chi connectivity index (χ3n) is 5.63. The Labute approximate surface area is 161 Å². The van der Waals surface area contributed by atoms with E-state index in [2.05, 4.69) is 0 Å². The summed E-state index contributed by atoms with van der Waals surface area (Å²) in [6.45, 7) is 7.17. The second-order valence-corrected chi connectivity index (χ2v) is 7.29. The average molecular weight is 371 g/mol. The zero-order valence-electron chi connectivity index (χ0n) is 16.3. The van der Waals surface area contributed by atoms with E-state index in [4.69, 9.17) is 0 Å². The molecule has 1 unspecified atom stereocenters. The zero-order chi connectivity index (χ0) is 19.4. The maximum absolute atomic E-state index is 12.7. The minimum Gasteiger partial charge on any atom is -0.342 e. The Balaban J connectivity index is 1.67. The highest BCUT2D eigenvalue weighted by molar-refractivity contribution is 6.22. The average Bonchev–Trinajstić information content (AvgIpc) is 2.98. The van der Waals surface area contributed by atoms with Crippen molar-refractivity contribution in [3.63, 3.8) is 0 Å². The number of anilines is 1. The van der Waals surface area contributed by atoms with Crippen molar-refractivity contribution in [1.82, 2.24) is 9.80 Å². The Hall–Kier alpha value is -2.21. The summed E-state index contributed by atoms with van der Waals surface area (Å²) >= 11 is 0. The molecule has 6 heteroatoms. The standard InChI is InChI=1S/C21H29N3O3/c1-3-22(4-2)18-15-20(26)24(21(18)27)17-10-8-16(9-11-17)14-19(25)23-12-6-5-7-13-23/h8-11,18H,3-7,12-15H2,1-2H3. The molecule has 0 bridgehead atoms. The lowest BCUT2D eigenvalue weighted by Crippen LogP contribution is -2.42. The second-order valence-electron chi connectivity index (χ2n) is 7.29. The summed E-state index contributed by atoms with van der Waals surface area (Å²) in [4.78, 5) is 42.8. The van der Waals surface area contributed by atoms with E-state index >= 15 is 0 Å². The van der Waals surface area contributed by atoms with Gasteiger partial charge in [0.25, 0.3) is 5.91 Å². The van der Waals surface area contributed by atoms with Crippen LogP contribution in [0.3, 0.4) is 0 Å². The monoisotopic (exact) mass is 371 g/mol. The number of imide groups is 1. The Morgan fingerprint density at radius 2 is 1.67 bits per heavy atom. The highest BCUT2D eigenvalue weighted by Crippen LogP contribution is 2.26. The van der Waals surface area contributed by atoms with Crippen molar-refractivity contribution < 1.29 is 14.4 Å². The number of piperidine rings is 1. The summed E-state index contributed by atoms with van der Waals surface area (Å²) in [6.07, 6.45) is 3.96. The van der Waals surface area contributed by atoms with Crippen molar-refractivity contribution in [2.45, 2.75) is 52.0 Å². The number of likely N-dealkylation sites (N-methyl/N-ethyl adjacent to an activating group) is 1. The zero-order valence-corrected chi connectivity index (χ0v) is 16.3. The third kappa shape index (κ3) is 4.21. The molecule has 0 saturated carbocycles. The van der Waals surface area contributed by atoms with Crippen molar-refractivity contribution in [2.75, 3.05) is 31.1 Å². The highest BCUT2D eigenvalue weighted by Gasteiger charge is 2.41. The summed E-state index contributed by atoms with van der Waals surface area (Å²) in [5.41, 5.74) is 1.50. The molecule has 6 nitrogen and oxygen atoms in total. The predicted molar refractivity (Wildman–Crippen MR) is 104 cm³/mol. The molecule has 0 N–H and O–H groups in total. The normalized spacial score (nSPS) is 20.6. The maximum Gasteiger partial charge on any atom is 0.251 e. The topological polar surface area (TPSA) is 60.9 Å². The molecule has 1 aromatic rings. The first-order chi connectivity index (χ1) is 13.0. The van der Waals surface area contributed by atoms with Gasteiger partial charge in [0.2, 0.25) is 11.8 Å². The minimum absolute atomic E-state index is 0.150. The third-order valence-corrected chi connectivity index (χ3v) is 5.63. The minimum atomic E-state index is -0.368. The van der Waals surface area contributed by atoms with Crippen LogP contribution in [0.25, 0.3) is 0 Å². The van der Waals surface area contributed by atoms with Crippen molar-refractivity contribution in [3.05, 3.63) is 29.8 Å². The number of rotatable bonds is 6. The Kier molecular flexibility index (Phi) is 6.26. The molecule has 0 spiro atoms. The van der Waals surface area contributed by atoms with Crippen molar-refractivity contribution in [1.29, 1.82) is 0 Å². The molecule has 146 valence electrons. The van der Waals surface area contributed by atoms with Crippen LogP contribution in [0.2, 0.25) is 0 Å². The molecule has 0 aromatic heterocycles. The number of hydrogen-bond acceptors (Lipinski definition) is 4. The summed E-state index contributed by atoms with van der Waals surface area (Å²) in [5.74, 6) is -0.160. The molecule has 1 aromatic carbocycles. The van der Waals surface area contributed by atoms with Crippen LogP contribution >= 0.6 is 0 Å². The van der Waals surface area contributed by atoms with Crippen LogP contribution in [0.4, 0.5) is 5.69 Å². The van der Waals surface area contributed by atoms with Gasteiger partial charge in [-0.1, -0.05) is 26.0 Å². The van der Waals surface area contributed by atoms with Gasteiger partial charge in [0, 0.05) is 13.1 Å². The summed E-state index contributed by atoms with van der Waals surface area (Å²) in [6, 6.07) is 6.89. The van der Waals surface area contributed by atoms with E-state index in [1.807, 2.05) is 35.8 Å². The van der Waals surface area contributed by atoms with E-state index < -0.39 is 0 Å². The van der Waals surface area contributed by atoms with E-state index in [1.54, 1.807) is 12.1 Å². The van der Waals surface area contributed by atoms with E-state index in [9.17, 15) is 14.4 Å². The Morgan fingerprint density at radius 3 is 2.26 bits per heavy atom. The fourth-order valence-corrected chi connectivity index (χ4v) is 4.03. The molecule has 2 heterocycles. The number of carbonyl (C=O) groups excluding carboxylic acids is 3. The lowest BCUT2D eigenvalue weighted by molar-refractivity contribution is -0.131. The van der Waals surface area contributed by atoms with Crippen LogP contribution < -0.4 is 4.90 Å². The van der Waals surface area contributed by atoms with Crippen LogP contribution in [-0.2, 0) is 20.8 Å². The summed E-state index contributed by atoms with van der Waals surface area (Å²) in [5, 5.41) is 0. The first-order valence-electron chi connectivity index (χ1n) is 10.0. The maximum atomic E-state index is 12.7. The highest BCUT2D eigenvalue weighted by atomic mass is 16.2.